The minimum Gasteiger partial charge on any atom is -0.458 e. The Kier molecular flexibility index (Phi) is 6.80. The molecule has 0 bridgehead atoms. The maximum Gasteiger partial charge on any atom is 0.331 e. The number of aliphatic hydroxyl groups is 6. The Morgan fingerprint density at radius 3 is 2.33 bits per heavy atom. The fourth-order valence-electron chi connectivity index (χ4n) is 9.85. The molecular weight excluding hydrogens is 508 g/mol. The lowest BCUT2D eigenvalue weighted by Gasteiger charge is -2.66. The summed E-state index contributed by atoms with van der Waals surface area (Å²) in [6.45, 7) is 4.12. The Morgan fingerprint density at radius 2 is 1.64 bits per heavy atom. The number of carbonyl (C=O) groups is 1. The summed E-state index contributed by atoms with van der Waals surface area (Å²) in [5.74, 6) is 0.00615. The van der Waals surface area contributed by atoms with Crippen LogP contribution in [0.25, 0.3) is 0 Å². The predicted octanol–water partition coefficient (Wildman–Crippen LogP) is 0.543. The molecule has 39 heavy (non-hydrogen) atoms. The third-order valence-corrected chi connectivity index (χ3v) is 12.3. The molecule has 0 radical (unpaired) electrons. The second kappa shape index (κ2) is 9.46. The lowest BCUT2D eigenvalue weighted by Crippen LogP contribution is -2.67. The average Bonchev–Trinajstić information content (AvgIpc) is 3.44. The van der Waals surface area contributed by atoms with E-state index >= 15 is 0 Å². The fourth-order valence-corrected chi connectivity index (χ4v) is 9.85. The lowest BCUT2D eigenvalue weighted by molar-refractivity contribution is -0.324. The first kappa shape index (κ1) is 28.0. The molecule has 0 aromatic carbocycles. The number of aliphatic hydroxyl groups excluding tert-OH is 4. The van der Waals surface area contributed by atoms with Crippen LogP contribution in [-0.4, -0.2) is 97.8 Å². The van der Waals surface area contributed by atoms with Crippen LogP contribution in [0.1, 0.15) is 71.6 Å². The lowest BCUT2D eigenvalue weighted by atomic mass is 9.42. The molecule has 4 aliphatic carbocycles. The van der Waals surface area contributed by atoms with Crippen molar-refractivity contribution in [1.82, 2.24) is 0 Å². The van der Waals surface area contributed by atoms with E-state index in [-0.39, 0.29) is 29.1 Å². The molecule has 6 N–H and O–H groups in total. The van der Waals surface area contributed by atoms with Crippen molar-refractivity contribution in [3.63, 3.8) is 0 Å². The summed E-state index contributed by atoms with van der Waals surface area (Å²) in [6, 6.07) is 0. The van der Waals surface area contributed by atoms with E-state index in [0.29, 0.717) is 45.1 Å². The number of fused-ring (bicyclic) bond motifs is 5. The molecule has 2 aliphatic heterocycles. The number of hydrogen-bond acceptors (Lipinski definition) is 10. The van der Waals surface area contributed by atoms with Gasteiger partial charge in [-0.25, -0.2) is 4.79 Å². The number of rotatable bonds is 4. The van der Waals surface area contributed by atoms with Crippen molar-refractivity contribution < 1.29 is 49.6 Å². The minimum atomic E-state index is -1.51. The molecule has 10 heteroatoms. The van der Waals surface area contributed by atoms with E-state index in [1.807, 2.05) is 0 Å². The summed E-state index contributed by atoms with van der Waals surface area (Å²) in [5.41, 5.74) is -1.67. The Balaban J connectivity index is 1.19. The molecule has 6 rings (SSSR count). The molecule has 5 fully saturated rings. The molecule has 0 spiro atoms. The van der Waals surface area contributed by atoms with Crippen LogP contribution < -0.4 is 0 Å². The van der Waals surface area contributed by atoms with Gasteiger partial charge in [0.25, 0.3) is 0 Å². The predicted molar refractivity (Wildman–Crippen MR) is 136 cm³/mol. The summed E-state index contributed by atoms with van der Waals surface area (Å²) < 4.78 is 16.8. The second-order valence-electron chi connectivity index (χ2n) is 13.7. The van der Waals surface area contributed by atoms with Crippen molar-refractivity contribution in [2.75, 3.05) is 13.2 Å². The highest BCUT2D eigenvalue weighted by molar-refractivity contribution is 5.85. The summed E-state index contributed by atoms with van der Waals surface area (Å²) >= 11 is 0. The average molecular weight is 553 g/mol. The third kappa shape index (κ3) is 3.93. The fraction of sp³-hybridized carbons (Fsp3) is 0.897. The molecule has 2 heterocycles. The van der Waals surface area contributed by atoms with E-state index in [0.717, 1.165) is 24.8 Å². The van der Waals surface area contributed by atoms with E-state index < -0.39 is 60.0 Å². The molecule has 0 unspecified atom stereocenters. The topological polar surface area (TPSA) is 166 Å². The van der Waals surface area contributed by atoms with Crippen LogP contribution in [0.15, 0.2) is 11.6 Å². The Hall–Kier alpha value is -1.11. The van der Waals surface area contributed by atoms with Crippen LogP contribution in [0.2, 0.25) is 0 Å². The van der Waals surface area contributed by atoms with Crippen LogP contribution >= 0.6 is 0 Å². The molecule has 6 aliphatic rings. The zero-order chi connectivity index (χ0) is 28.0. The smallest absolute Gasteiger partial charge is 0.331 e. The largest absolute Gasteiger partial charge is 0.458 e. The summed E-state index contributed by atoms with van der Waals surface area (Å²) in [7, 11) is 0. The molecule has 0 aromatic heterocycles. The molecule has 1 saturated heterocycles. The number of ether oxygens (including phenoxy) is 3. The van der Waals surface area contributed by atoms with Gasteiger partial charge in [-0.15, -0.1) is 0 Å². The second-order valence-corrected chi connectivity index (χ2v) is 13.7. The highest BCUT2D eigenvalue weighted by atomic mass is 16.7. The number of cyclic esters (lactones) is 1. The van der Waals surface area contributed by atoms with Gasteiger partial charge in [-0.05, 0) is 80.1 Å². The van der Waals surface area contributed by atoms with Crippen LogP contribution in [0, 0.1) is 28.6 Å². The van der Waals surface area contributed by atoms with Crippen molar-refractivity contribution in [2.45, 2.75) is 120 Å². The van der Waals surface area contributed by atoms with E-state index in [9.17, 15) is 35.4 Å². The van der Waals surface area contributed by atoms with Gasteiger partial charge in [0.05, 0.1) is 23.9 Å². The monoisotopic (exact) mass is 552 g/mol. The van der Waals surface area contributed by atoms with Gasteiger partial charge < -0.3 is 44.8 Å². The van der Waals surface area contributed by atoms with Gasteiger partial charge in [-0.1, -0.05) is 13.8 Å². The summed E-state index contributed by atoms with van der Waals surface area (Å²) in [6.07, 6.45) is 0.543. The van der Waals surface area contributed by atoms with Gasteiger partial charge in [-0.2, -0.15) is 0 Å². The summed E-state index contributed by atoms with van der Waals surface area (Å²) in [5, 5.41) is 64.7. The zero-order valence-electron chi connectivity index (χ0n) is 22.9. The quantitative estimate of drug-likeness (QED) is 0.214. The van der Waals surface area contributed by atoms with Crippen molar-refractivity contribution in [3.05, 3.63) is 11.6 Å². The van der Waals surface area contributed by atoms with Gasteiger partial charge in [0, 0.05) is 17.9 Å². The van der Waals surface area contributed by atoms with Gasteiger partial charge in [-0.3, -0.25) is 0 Å². The van der Waals surface area contributed by atoms with Crippen molar-refractivity contribution >= 4 is 5.97 Å². The van der Waals surface area contributed by atoms with Crippen molar-refractivity contribution in [3.8, 4) is 0 Å². The van der Waals surface area contributed by atoms with Gasteiger partial charge in [0.15, 0.2) is 6.29 Å². The minimum absolute atomic E-state index is 0.0491. The number of hydrogen-bond donors (Lipinski definition) is 6. The first-order valence-electron chi connectivity index (χ1n) is 14.6. The zero-order valence-corrected chi connectivity index (χ0v) is 22.9. The normalized spacial score (nSPS) is 55.3. The van der Waals surface area contributed by atoms with Gasteiger partial charge >= 0.3 is 5.97 Å². The first-order chi connectivity index (χ1) is 18.4. The summed E-state index contributed by atoms with van der Waals surface area (Å²) in [4.78, 5) is 11.8. The van der Waals surface area contributed by atoms with Crippen molar-refractivity contribution in [1.29, 1.82) is 0 Å². The Bertz CT molecular complexity index is 1020. The van der Waals surface area contributed by atoms with E-state index in [4.69, 9.17) is 14.2 Å². The molecule has 13 atom stereocenters. The molecule has 10 nitrogen and oxygen atoms in total. The highest BCUT2D eigenvalue weighted by Crippen LogP contribution is 2.70. The van der Waals surface area contributed by atoms with E-state index in [1.54, 1.807) is 6.08 Å². The molecule has 0 aromatic rings. The van der Waals surface area contributed by atoms with Crippen LogP contribution in [0.3, 0.4) is 0 Å². The van der Waals surface area contributed by atoms with Crippen molar-refractivity contribution in [2.24, 2.45) is 28.6 Å². The molecular formula is C29H44O10. The third-order valence-electron chi connectivity index (χ3n) is 12.3. The van der Waals surface area contributed by atoms with Crippen LogP contribution in [0.5, 0.6) is 0 Å². The van der Waals surface area contributed by atoms with Gasteiger partial charge in [0.1, 0.15) is 31.0 Å². The Labute approximate surface area is 229 Å². The first-order valence-corrected chi connectivity index (χ1v) is 14.6. The van der Waals surface area contributed by atoms with Gasteiger partial charge in [0.2, 0.25) is 0 Å². The standard InChI is InChI=1S/C29H44O10/c1-26-7-3-16(38-25-24(34)23(33)22(32)20(13-30)39-25)12-28(26,35)9-5-19-18(26)4-8-27(2)17(6-10-29(19,27)36)15-11-21(31)37-14-15/h11,16-20,22-25,30,32-36H,3-10,12-14H2,1-2H3/t16-,17-,18-,19+,20-,22-,23+,24-,25-,26-,27-,28+,29+/m1/s1. The van der Waals surface area contributed by atoms with E-state index in [1.165, 1.54) is 0 Å². The Morgan fingerprint density at radius 1 is 0.923 bits per heavy atom. The van der Waals surface area contributed by atoms with E-state index in [2.05, 4.69) is 13.8 Å². The van der Waals surface area contributed by atoms with Crippen LogP contribution in [-0.2, 0) is 19.0 Å². The molecule has 4 saturated carbocycles. The SMILES string of the molecule is C[C@]12CC[C@@H](O[C@@H]3O[C@H](CO)[C@@H](O)[C@H](O)[C@H]3O)C[C@@]1(O)CC[C@H]1[C@H]2CC[C@]2(C)[C@@H](C3=CC(=O)OC3)CC[C@]12O. The molecule has 220 valence electrons. The number of carbonyl (C=O) groups excluding carboxylic acids is 1. The highest BCUT2D eigenvalue weighted by Gasteiger charge is 2.70. The maximum absolute atomic E-state index is 12.4. The number of esters is 1. The molecule has 0 amide bonds. The maximum atomic E-state index is 12.4. The van der Waals surface area contributed by atoms with Crippen LogP contribution in [0.4, 0.5) is 0 Å².